The van der Waals surface area contributed by atoms with E-state index >= 15 is 0 Å². The van der Waals surface area contributed by atoms with Crippen LogP contribution in [0.1, 0.15) is 206 Å². The zero-order valence-electron chi connectivity index (χ0n) is 28.8. The summed E-state index contributed by atoms with van der Waals surface area (Å²) in [6.07, 6.45) is 45.0. The van der Waals surface area contributed by atoms with Crippen LogP contribution in [0.3, 0.4) is 0 Å². The minimum absolute atomic E-state index is 0. The van der Waals surface area contributed by atoms with E-state index in [0.717, 1.165) is 19.4 Å². The zero-order valence-corrected chi connectivity index (χ0v) is 29.6. The van der Waals surface area contributed by atoms with Crippen LogP contribution in [0.4, 0.5) is 0 Å². The van der Waals surface area contributed by atoms with Crippen molar-refractivity contribution in [1.82, 2.24) is 0 Å². The summed E-state index contributed by atoms with van der Waals surface area (Å²) in [5, 5.41) is 0. The highest BCUT2D eigenvalue weighted by Gasteiger charge is 2.24. The Morgan fingerprint density at radius 3 is 1.10 bits per heavy atom. The lowest BCUT2D eigenvalue weighted by molar-refractivity contribution is -0.814. The van der Waals surface area contributed by atoms with Crippen LogP contribution in [-0.4, -0.2) is 31.0 Å². The predicted octanol–water partition coefficient (Wildman–Crippen LogP) is 9.89. The van der Waals surface area contributed by atoms with Crippen molar-refractivity contribution in [2.24, 2.45) is 0 Å². The summed E-state index contributed by atoms with van der Waals surface area (Å²) in [7, 11) is 4.26. The number of halogens is 1. The maximum Gasteiger partial charge on any atom is 0.313 e. The van der Waals surface area contributed by atoms with Gasteiger partial charge >= 0.3 is 5.91 Å². The molecule has 1 amide bonds. The molecule has 3 heteroatoms. The molecule has 0 aliphatic rings. The third-order valence-corrected chi connectivity index (χ3v) is 8.90. The third kappa shape index (κ3) is 32.4. The fourth-order valence-corrected chi connectivity index (χ4v) is 5.83. The van der Waals surface area contributed by atoms with Crippen molar-refractivity contribution in [3.8, 4) is 0 Å². The molecule has 246 valence electrons. The van der Waals surface area contributed by atoms with Crippen molar-refractivity contribution in [1.29, 1.82) is 0 Å². The molecule has 0 saturated heterocycles. The molecule has 0 rings (SSSR count). The second-order valence-corrected chi connectivity index (χ2v) is 13.4. The second kappa shape index (κ2) is 34.2. The Morgan fingerprint density at radius 1 is 0.439 bits per heavy atom. The van der Waals surface area contributed by atoms with Crippen LogP contribution in [0, 0.1) is 0 Å². The molecule has 0 N–H and O–H groups in total. The normalized spacial score (nSPS) is 11.8. The van der Waals surface area contributed by atoms with E-state index in [2.05, 4.69) is 40.1 Å². The Hall–Kier alpha value is -0.340. The van der Waals surface area contributed by atoms with Gasteiger partial charge in [-0.3, -0.25) is 4.48 Å². The van der Waals surface area contributed by atoms with Gasteiger partial charge in [-0.25, -0.2) is 4.79 Å². The average molecular weight is 598 g/mol. The van der Waals surface area contributed by atoms with E-state index in [9.17, 15) is 4.79 Å². The van der Waals surface area contributed by atoms with Crippen LogP contribution in [0.5, 0.6) is 0 Å². The lowest BCUT2D eigenvalue weighted by atomic mass is 10.0. The van der Waals surface area contributed by atoms with Crippen LogP contribution in [0.15, 0.2) is 12.2 Å². The van der Waals surface area contributed by atoms with Crippen LogP contribution in [0.25, 0.3) is 0 Å². The SMILES string of the molecule is CCCCCCCCC=CCCCCCCCC(=O)[N+](C)(C)CCCCCCCCCCCCCCCCCC.[Cl-]. The van der Waals surface area contributed by atoms with Crippen molar-refractivity contribution in [2.45, 2.75) is 206 Å². The highest BCUT2D eigenvalue weighted by Crippen LogP contribution is 2.16. The van der Waals surface area contributed by atoms with E-state index in [1.807, 2.05) is 0 Å². The molecule has 0 aromatic carbocycles. The van der Waals surface area contributed by atoms with Crippen molar-refractivity contribution < 1.29 is 21.7 Å². The summed E-state index contributed by atoms with van der Waals surface area (Å²) in [5.41, 5.74) is 0. The van der Waals surface area contributed by atoms with Gasteiger partial charge in [-0.2, -0.15) is 0 Å². The highest BCUT2D eigenvalue weighted by molar-refractivity contribution is 5.68. The molecule has 0 aromatic heterocycles. The quantitative estimate of drug-likeness (QED) is 0.0428. The molecule has 0 spiro atoms. The van der Waals surface area contributed by atoms with Crippen molar-refractivity contribution in [3.05, 3.63) is 12.2 Å². The van der Waals surface area contributed by atoms with Gasteiger partial charge in [0.2, 0.25) is 0 Å². The van der Waals surface area contributed by atoms with Gasteiger partial charge in [0.15, 0.2) is 0 Å². The van der Waals surface area contributed by atoms with Crippen molar-refractivity contribution in [2.75, 3.05) is 20.6 Å². The summed E-state index contributed by atoms with van der Waals surface area (Å²) in [5.74, 6) is 0.443. The van der Waals surface area contributed by atoms with Gasteiger partial charge in [0.05, 0.1) is 27.1 Å². The number of allylic oxidation sites excluding steroid dienone is 2. The van der Waals surface area contributed by atoms with Gasteiger partial charge in [0, 0.05) is 0 Å². The first-order valence-corrected chi connectivity index (χ1v) is 18.6. The lowest BCUT2D eigenvalue weighted by Crippen LogP contribution is -3.00. The number of nitrogens with zero attached hydrogens (tertiary/aromatic N) is 1. The van der Waals surface area contributed by atoms with Gasteiger partial charge < -0.3 is 12.4 Å². The number of rotatable bonds is 32. The molecule has 0 aromatic rings. The summed E-state index contributed by atoms with van der Waals surface area (Å²) in [4.78, 5) is 12.8. The average Bonchev–Trinajstić information content (AvgIpc) is 2.94. The molecule has 0 atom stereocenters. The monoisotopic (exact) mass is 598 g/mol. The smallest absolute Gasteiger partial charge is 0.313 e. The molecular formula is C38H76ClNO. The van der Waals surface area contributed by atoms with Crippen LogP contribution in [0.2, 0.25) is 0 Å². The number of hydrogen-bond donors (Lipinski definition) is 0. The summed E-state index contributed by atoms with van der Waals surface area (Å²) in [6, 6.07) is 0. The first kappa shape index (κ1) is 42.8. The Kier molecular flexibility index (Phi) is 35.6. The molecule has 0 bridgehead atoms. The Morgan fingerprint density at radius 2 is 0.732 bits per heavy atom. The predicted molar refractivity (Wildman–Crippen MR) is 181 cm³/mol. The molecule has 0 radical (unpaired) electrons. The number of amides is 1. The molecule has 41 heavy (non-hydrogen) atoms. The van der Waals surface area contributed by atoms with Crippen LogP contribution < -0.4 is 12.4 Å². The summed E-state index contributed by atoms with van der Waals surface area (Å²) in [6.45, 7) is 5.60. The van der Waals surface area contributed by atoms with E-state index in [-0.39, 0.29) is 12.4 Å². The molecule has 0 saturated carbocycles. The zero-order chi connectivity index (χ0) is 29.4. The highest BCUT2D eigenvalue weighted by atomic mass is 35.5. The van der Waals surface area contributed by atoms with E-state index in [0.29, 0.717) is 10.4 Å². The summed E-state index contributed by atoms with van der Waals surface area (Å²) >= 11 is 0. The van der Waals surface area contributed by atoms with Gasteiger partial charge in [-0.05, 0) is 44.9 Å². The molecular weight excluding hydrogens is 522 g/mol. The van der Waals surface area contributed by atoms with Crippen molar-refractivity contribution >= 4 is 5.91 Å². The Bertz CT molecular complexity index is 544. The second-order valence-electron chi connectivity index (χ2n) is 13.4. The maximum absolute atomic E-state index is 12.8. The van der Waals surface area contributed by atoms with Crippen LogP contribution in [-0.2, 0) is 4.79 Å². The molecule has 0 aliphatic carbocycles. The number of carbonyl (C=O) groups is 1. The minimum atomic E-state index is 0. The maximum atomic E-state index is 12.8. The molecule has 0 heterocycles. The molecule has 0 aliphatic heterocycles. The number of carbonyl (C=O) groups excluding carboxylic acids is 1. The first-order chi connectivity index (χ1) is 19.5. The number of hydrogen-bond acceptors (Lipinski definition) is 1. The fourth-order valence-electron chi connectivity index (χ4n) is 5.83. The van der Waals surface area contributed by atoms with E-state index < -0.39 is 0 Å². The lowest BCUT2D eigenvalue weighted by Gasteiger charge is -2.27. The standard InChI is InChI=1S/C38H76NO.ClH/c1-5-7-9-11-13-15-17-19-21-23-25-27-29-31-33-35-37-39(3,4)38(40)36-34-32-30-28-26-24-22-20-18-16-14-12-10-8-6-2;/h20,22H,5-19,21,23-37H2,1-4H3;1H/q+1;/p-1. The van der Waals surface area contributed by atoms with E-state index in [1.165, 1.54) is 180 Å². The molecule has 0 unspecified atom stereocenters. The van der Waals surface area contributed by atoms with Gasteiger partial charge in [0.1, 0.15) is 0 Å². The van der Waals surface area contributed by atoms with E-state index in [1.54, 1.807) is 0 Å². The van der Waals surface area contributed by atoms with Gasteiger partial charge in [-0.15, -0.1) is 0 Å². The number of quaternary nitrogens is 1. The molecule has 0 fully saturated rings. The Labute approximate surface area is 266 Å². The minimum Gasteiger partial charge on any atom is -1.00 e. The van der Waals surface area contributed by atoms with Crippen molar-refractivity contribution in [3.63, 3.8) is 0 Å². The van der Waals surface area contributed by atoms with E-state index in [4.69, 9.17) is 0 Å². The van der Waals surface area contributed by atoms with Gasteiger partial charge in [-0.1, -0.05) is 167 Å². The number of unbranched alkanes of at least 4 members (excludes halogenated alkanes) is 26. The first-order valence-electron chi connectivity index (χ1n) is 18.6. The fraction of sp³-hybridized carbons (Fsp3) is 0.921. The third-order valence-electron chi connectivity index (χ3n) is 8.90. The largest absolute Gasteiger partial charge is 1.00 e. The summed E-state index contributed by atoms with van der Waals surface area (Å²) < 4.78 is 0.585. The van der Waals surface area contributed by atoms with Gasteiger partial charge in [0.25, 0.3) is 0 Å². The molecule has 2 nitrogen and oxygen atoms in total. The van der Waals surface area contributed by atoms with Crippen LogP contribution >= 0.6 is 0 Å². The Balaban J connectivity index is 0. The topological polar surface area (TPSA) is 17.1 Å².